The molecule has 0 aliphatic heterocycles. The topological polar surface area (TPSA) is 59.0 Å². The Morgan fingerprint density at radius 3 is 2.37 bits per heavy atom. The molecule has 0 fully saturated rings. The summed E-state index contributed by atoms with van der Waals surface area (Å²) >= 11 is 0. The third-order valence-electron chi connectivity index (χ3n) is 3.12. The van der Waals surface area contributed by atoms with Gasteiger partial charge in [-0.3, -0.25) is 4.79 Å². The molecule has 0 bridgehead atoms. The van der Waals surface area contributed by atoms with Crippen LogP contribution in [0.25, 0.3) is 0 Å². The van der Waals surface area contributed by atoms with Gasteiger partial charge in [-0.2, -0.15) is 0 Å². The summed E-state index contributed by atoms with van der Waals surface area (Å²) in [6, 6.07) is 3.84. The molecule has 1 N–H and O–H groups in total. The van der Waals surface area contributed by atoms with E-state index in [0.29, 0.717) is 24.5 Å². The molecule has 1 rings (SSSR count). The van der Waals surface area contributed by atoms with Crippen molar-refractivity contribution in [2.24, 2.45) is 0 Å². The largest absolute Gasteiger partial charge is 0.493 e. The Morgan fingerprint density at radius 1 is 1.26 bits per heavy atom. The van der Waals surface area contributed by atoms with E-state index in [1.165, 1.54) is 4.90 Å². The van der Waals surface area contributed by atoms with Gasteiger partial charge in [-0.25, -0.2) is 0 Å². The Bertz CT molecular complexity index is 445. The van der Waals surface area contributed by atoms with E-state index in [1.54, 1.807) is 21.3 Å². The fraction of sp³-hybridized carbons (Fsp3) is 0.500. The molecule has 5 heteroatoms. The number of aryl methyl sites for hydroxylation is 1. The molecule has 0 aromatic heterocycles. The molecule has 1 amide bonds. The van der Waals surface area contributed by atoms with Crippen LogP contribution >= 0.6 is 0 Å². The van der Waals surface area contributed by atoms with Crippen molar-refractivity contribution >= 4 is 5.91 Å². The minimum atomic E-state index is -0.457. The summed E-state index contributed by atoms with van der Waals surface area (Å²) < 4.78 is 10.5. The first-order valence-electron chi connectivity index (χ1n) is 6.09. The zero-order chi connectivity index (χ0) is 14.4. The van der Waals surface area contributed by atoms with Crippen molar-refractivity contribution in [3.8, 4) is 11.5 Å². The first kappa shape index (κ1) is 15.3. The van der Waals surface area contributed by atoms with Crippen LogP contribution < -0.4 is 9.47 Å². The number of ether oxygens (including phenoxy) is 2. The molecule has 0 aliphatic carbocycles. The van der Waals surface area contributed by atoms with Gasteiger partial charge in [0, 0.05) is 13.6 Å². The predicted octanol–water partition coefficient (Wildman–Crippen LogP) is 1.01. The van der Waals surface area contributed by atoms with E-state index in [1.807, 2.05) is 19.1 Å². The van der Waals surface area contributed by atoms with Crippen molar-refractivity contribution in [3.05, 3.63) is 23.3 Å². The zero-order valence-corrected chi connectivity index (χ0v) is 11.9. The number of methoxy groups -OCH3 is 2. The van der Waals surface area contributed by atoms with Gasteiger partial charge in [0.1, 0.15) is 6.61 Å². The van der Waals surface area contributed by atoms with Crippen LogP contribution in [0.1, 0.15) is 11.1 Å². The average molecular weight is 267 g/mol. The molecule has 0 radical (unpaired) electrons. The molecule has 106 valence electrons. The van der Waals surface area contributed by atoms with Gasteiger partial charge in [-0.1, -0.05) is 0 Å². The number of hydrogen-bond donors (Lipinski definition) is 1. The molecule has 1 aromatic rings. The van der Waals surface area contributed by atoms with Crippen LogP contribution in [0.4, 0.5) is 0 Å². The van der Waals surface area contributed by atoms with E-state index in [4.69, 9.17) is 14.6 Å². The van der Waals surface area contributed by atoms with E-state index >= 15 is 0 Å². The molecule has 0 spiro atoms. The van der Waals surface area contributed by atoms with Crippen LogP contribution in [0.2, 0.25) is 0 Å². The second kappa shape index (κ2) is 6.99. The van der Waals surface area contributed by atoms with Crippen LogP contribution in [0.3, 0.4) is 0 Å². The van der Waals surface area contributed by atoms with Crippen molar-refractivity contribution in [3.63, 3.8) is 0 Å². The average Bonchev–Trinajstić information content (AvgIpc) is 2.44. The Kier molecular flexibility index (Phi) is 5.63. The van der Waals surface area contributed by atoms with Crippen LogP contribution in [-0.4, -0.2) is 50.3 Å². The number of hydrogen-bond acceptors (Lipinski definition) is 4. The summed E-state index contributed by atoms with van der Waals surface area (Å²) in [6.07, 6.45) is 0.703. The Labute approximate surface area is 113 Å². The number of carbonyl (C=O) groups excluding carboxylic acids is 1. The quantitative estimate of drug-likeness (QED) is 0.835. The number of likely N-dealkylation sites (N-methyl/N-ethyl adjacent to an activating group) is 1. The van der Waals surface area contributed by atoms with Crippen molar-refractivity contribution in [1.82, 2.24) is 4.90 Å². The number of rotatable bonds is 6. The summed E-state index contributed by atoms with van der Waals surface area (Å²) in [7, 11) is 4.87. The highest BCUT2D eigenvalue weighted by Crippen LogP contribution is 2.30. The molecule has 0 saturated heterocycles. The minimum Gasteiger partial charge on any atom is -0.493 e. The first-order chi connectivity index (χ1) is 9.03. The highest BCUT2D eigenvalue weighted by atomic mass is 16.5. The number of aliphatic hydroxyl groups excluding tert-OH is 1. The lowest BCUT2D eigenvalue weighted by molar-refractivity contribution is -0.132. The van der Waals surface area contributed by atoms with Gasteiger partial charge >= 0.3 is 0 Å². The summed E-state index contributed by atoms with van der Waals surface area (Å²) in [6.45, 7) is 2.09. The van der Waals surface area contributed by atoms with E-state index in [2.05, 4.69) is 0 Å². The molecule has 19 heavy (non-hydrogen) atoms. The fourth-order valence-electron chi connectivity index (χ4n) is 1.83. The molecule has 0 aliphatic rings. The molecule has 0 unspecified atom stereocenters. The molecular weight excluding hydrogens is 246 g/mol. The van der Waals surface area contributed by atoms with Crippen LogP contribution in [0.15, 0.2) is 12.1 Å². The number of amides is 1. The monoisotopic (exact) mass is 267 g/mol. The summed E-state index contributed by atoms with van der Waals surface area (Å²) in [5, 5.41) is 8.78. The number of carbonyl (C=O) groups is 1. The van der Waals surface area contributed by atoms with Crippen LogP contribution in [-0.2, 0) is 11.2 Å². The van der Waals surface area contributed by atoms with Crippen LogP contribution in [0.5, 0.6) is 11.5 Å². The Hall–Kier alpha value is -1.75. The van der Waals surface area contributed by atoms with Gasteiger partial charge in [0.2, 0.25) is 5.91 Å². The second-order valence-corrected chi connectivity index (χ2v) is 4.36. The Balaban J connectivity index is 2.81. The lowest BCUT2D eigenvalue weighted by atomic mass is 10.0. The van der Waals surface area contributed by atoms with E-state index in [9.17, 15) is 4.79 Å². The summed E-state index contributed by atoms with van der Waals surface area (Å²) in [4.78, 5) is 12.8. The molecular formula is C14H21NO4. The van der Waals surface area contributed by atoms with Gasteiger partial charge in [-0.15, -0.1) is 0 Å². The SMILES string of the molecule is COc1cc(C)c(CCN(C)C(=O)CO)cc1OC. The first-order valence-corrected chi connectivity index (χ1v) is 6.09. The second-order valence-electron chi connectivity index (χ2n) is 4.36. The fourth-order valence-corrected chi connectivity index (χ4v) is 1.83. The van der Waals surface area contributed by atoms with Crippen molar-refractivity contribution in [1.29, 1.82) is 0 Å². The maximum Gasteiger partial charge on any atom is 0.248 e. The third-order valence-corrected chi connectivity index (χ3v) is 3.12. The van der Waals surface area contributed by atoms with E-state index in [0.717, 1.165) is 11.1 Å². The standard InChI is InChI=1S/C14H21NO4/c1-10-7-12(18-3)13(19-4)8-11(10)5-6-15(2)14(17)9-16/h7-8,16H,5-6,9H2,1-4H3. The summed E-state index contributed by atoms with van der Waals surface area (Å²) in [5.41, 5.74) is 2.18. The van der Waals surface area contributed by atoms with Gasteiger partial charge in [0.15, 0.2) is 11.5 Å². The normalized spacial score (nSPS) is 10.2. The summed E-state index contributed by atoms with van der Waals surface area (Å²) in [5.74, 6) is 1.10. The number of nitrogens with zero attached hydrogens (tertiary/aromatic N) is 1. The molecule has 1 aromatic carbocycles. The molecule has 0 saturated carbocycles. The maximum atomic E-state index is 11.3. The van der Waals surface area contributed by atoms with Gasteiger partial charge in [-0.05, 0) is 36.6 Å². The Morgan fingerprint density at radius 2 is 1.84 bits per heavy atom. The molecule has 0 heterocycles. The van der Waals surface area contributed by atoms with E-state index in [-0.39, 0.29) is 5.91 Å². The number of aliphatic hydroxyl groups is 1. The minimum absolute atomic E-state index is 0.280. The van der Waals surface area contributed by atoms with Crippen LogP contribution in [0, 0.1) is 6.92 Å². The third kappa shape index (κ3) is 3.86. The van der Waals surface area contributed by atoms with Gasteiger partial charge in [0.05, 0.1) is 14.2 Å². The van der Waals surface area contributed by atoms with E-state index < -0.39 is 6.61 Å². The molecule has 0 atom stereocenters. The zero-order valence-electron chi connectivity index (χ0n) is 11.9. The number of benzene rings is 1. The van der Waals surface area contributed by atoms with Crippen molar-refractivity contribution < 1.29 is 19.4 Å². The highest BCUT2D eigenvalue weighted by Gasteiger charge is 2.11. The smallest absolute Gasteiger partial charge is 0.248 e. The van der Waals surface area contributed by atoms with Crippen molar-refractivity contribution in [2.45, 2.75) is 13.3 Å². The maximum absolute atomic E-state index is 11.3. The lowest BCUT2D eigenvalue weighted by Crippen LogP contribution is -2.31. The lowest BCUT2D eigenvalue weighted by Gasteiger charge is -2.17. The predicted molar refractivity (Wildman–Crippen MR) is 72.7 cm³/mol. The molecule has 5 nitrogen and oxygen atoms in total. The van der Waals surface area contributed by atoms with Crippen molar-refractivity contribution in [2.75, 3.05) is 34.4 Å². The van der Waals surface area contributed by atoms with Gasteiger partial charge in [0.25, 0.3) is 0 Å². The highest BCUT2D eigenvalue weighted by molar-refractivity contribution is 5.76. The van der Waals surface area contributed by atoms with Gasteiger partial charge < -0.3 is 19.5 Å².